The van der Waals surface area contributed by atoms with Crippen LogP contribution in [-0.2, 0) is 11.2 Å². The zero-order chi connectivity index (χ0) is 18.9. The highest BCUT2D eigenvalue weighted by molar-refractivity contribution is 7.84. The molecule has 0 aliphatic carbocycles. The minimum atomic E-state index is -0.752. The molecule has 1 aromatic rings. The number of nitrogens with zero attached hydrogens (tertiary/aromatic N) is 1. The number of amides is 1. The molecule has 4 nitrogen and oxygen atoms in total. The summed E-state index contributed by atoms with van der Waals surface area (Å²) >= 11 is 10.7. The van der Waals surface area contributed by atoms with Crippen LogP contribution in [0.25, 0.3) is 0 Å². The Labute approximate surface area is 160 Å². The van der Waals surface area contributed by atoms with Crippen LogP contribution in [-0.4, -0.2) is 34.3 Å². The molecule has 1 amide bonds. The van der Waals surface area contributed by atoms with E-state index in [0.717, 1.165) is 11.1 Å². The van der Waals surface area contributed by atoms with Crippen LogP contribution < -0.4 is 0 Å². The second kappa shape index (κ2) is 7.60. The van der Waals surface area contributed by atoms with Gasteiger partial charge in [-0.3, -0.25) is 4.90 Å². The SMILES string of the molecule is C/C(S)=C(/C(C)O)[C@H]1c2cc(Cl)ccc2CCN1C(=O)OC(C)(C)C. The van der Waals surface area contributed by atoms with E-state index in [0.29, 0.717) is 28.5 Å². The second-order valence-electron chi connectivity index (χ2n) is 7.39. The monoisotopic (exact) mass is 383 g/mol. The molecule has 6 heteroatoms. The van der Waals surface area contributed by atoms with E-state index in [2.05, 4.69) is 12.6 Å². The van der Waals surface area contributed by atoms with Crippen LogP contribution in [0.15, 0.2) is 28.7 Å². The number of rotatable bonds is 2. The summed E-state index contributed by atoms with van der Waals surface area (Å²) in [6, 6.07) is 5.23. The zero-order valence-electron chi connectivity index (χ0n) is 15.3. The molecule has 0 saturated heterocycles. The van der Waals surface area contributed by atoms with Crippen molar-refractivity contribution in [3.05, 3.63) is 44.8 Å². The van der Waals surface area contributed by atoms with Gasteiger partial charge in [0.25, 0.3) is 0 Å². The fourth-order valence-electron chi connectivity index (χ4n) is 3.17. The Bertz CT molecular complexity index is 690. The summed E-state index contributed by atoms with van der Waals surface area (Å²) in [5.41, 5.74) is 2.11. The number of thiol groups is 1. The fourth-order valence-corrected chi connectivity index (χ4v) is 3.66. The highest BCUT2D eigenvalue weighted by Crippen LogP contribution is 2.40. The van der Waals surface area contributed by atoms with Gasteiger partial charge in [-0.2, -0.15) is 0 Å². The number of halogens is 1. The van der Waals surface area contributed by atoms with Gasteiger partial charge in [0.05, 0.1) is 12.1 Å². The topological polar surface area (TPSA) is 49.8 Å². The van der Waals surface area contributed by atoms with Crippen molar-refractivity contribution < 1.29 is 14.6 Å². The summed E-state index contributed by atoms with van der Waals surface area (Å²) in [6.45, 7) is 9.52. The van der Waals surface area contributed by atoms with Crippen molar-refractivity contribution in [2.24, 2.45) is 0 Å². The van der Waals surface area contributed by atoms with Gasteiger partial charge in [-0.25, -0.2) is 4.79 Å². The van der Waals surface area contributed by atoms with Crippen molar-refractivity contribution >= 4 is 30.3 Å². The second-order valence-corrected chi connectivity index (χ2v) is 8.49. The number of fused-ring (bicyclic) bond motifs is 1. The first-order valence-electron chi connectivity index (χ1n) is 8.37. The molecule has 1 aliphatic heterocycles. The van der Waals surface area contributed by atoms with Gasteiger partial charge in [0.15, 0.2) is 0 Å². The standard InChI is InChI=1S/C19H26ClNO3S/c1-11(22)16(12(2)25)17-15-10-14(20)7-6-13(15)8-9-21(17)18(23)24-19(3,4)5/h6-7,10-11,17,22,25H,8-9H2,1-5H3/b16-12+/t11?,17-/m1/s1. The van der Waals surface area contributed by atoms with Crippen LogP contribution in [0, 0.1) is 0 Å². The average Bonchev–Trinajstić information content (AvgIpc) is 2.45. The van der Waals surface area contributed by atoms with Crippen molar-refractivity contribution in [1.29, 1.82) is 0 Å². The minimum absolute atomic E-state index is 0.407. The van der Waals surface area contributed by atoms with Gasteiger partial charge in [0, 0.05) is 11.6 Å². The Hall–Kier alpha value is -1.17. The average molecular weight is 384 g/mol. The molecule has 1 heterocycles. The van der Waals surface area contributed by atoms with Crippen LogP contribution in [0.1, 0.15) is 51.8 Å². The number of allylic oxidation sites excluding steroid dienone is 1. The molecule has 1 aliphatic rings. The van der Waals surface area contributed by atoms with E-state index in [1.165, 1.54) is 0 Å². The summed E-state index contributed by atoms with van der Waals surface area (Å²) in [4.78, 5) is 15.2. The van der Waals surface area contributed by atoms with Crippen LogP contribution >= 0.6 is 24.2 Å². The van der Waals surface area contributed by atoms with Crippen molar-refractivity contribution in [1.82, 2.24) is 4.90 Å². The summed E-state index contributed by atoms with van der Waals surface area (Å²) in [6.07, 6.45) is -0.450. The molecule has 0 fully saturated rings. The van der Waals surface area contributed by atoms with Crippen LogP contribution in [0.4, 0.5) is 4.79 Å². The van der Waals surface area contributed by atoms with Gasteiger partial charge < -0.3 is 9.84 Å². The highest BCUT2D eigenvalue weighted by atomic mass is 35.5. The lowest BCUT2D eigenvalue weighted by Gasteiger charge is -2.40. The Morgan fingerprint density at radius 3 is 2.60 bits per heavy atom. The lowest BCUT2D eigenvalue weighted by molar-refractivity contribution is 0.0156. The summed E-state index contributed by atoms with van der Waals surface area (Å²) in [5.74, 6) is 0. The number of aliphatic hydroxyl groups is 1. The quantitative estimate of drug-likeness (QED) is 0.724. The van der Waals surface area contributed by atoms with E-state index in [-0.39, 0.29) is 0 Å². The molecule has 1 N–H and O–H groups in total. The Kier molecular flexibility index (Phi) is 6.13. The predicted octanol–water partition coefficient (Wildman–Crippen LogP) is 4.76. The van der Waals surface area contributed by atoms with E-state index >= 15 is 0 Å². The largest absolute Gasteiger partial charge is 0.444 e. The third-order valence-corrected chi connectivity index (χ3v) is 4.62. The lowest BCUT2D eigenvalue weighted by atomic mass is 9.86. The predicted molar refractivity (Wildman–Crippen MR) is 104 cm³/mol. The summed E-state index contributed by atoms with van der Waals surface area (Å²) < 4.78 is 5.59. The Morgan fingerprint density at radius 1 is 1.44 bits per heavy atom. The molecule has 2 rings (SSSR count). The van der Waals surface area contributed by atoms with Gasteiger partial charge in [-0.05, 0) is 74.8 Å². The Morgan fingerprint density at radius 2 is 2.08 bits per heavy atom. The molecule has 1 aromatic carbocycles. The van der Waals surface area contributed by atoms with Gasteiger partial charge in [0.2, 0.25) is 0 Å². The Balaban J connectivity index is 2.57. The number of hydrogen-bond donors (Lipinski definition) is 2. The highest BCUT2D eigenvalue weighted by Gasteiger charge is 2.37. The van der Waals surface area contributed by atoms with Crippen LogP contribution in [0.3, 0.4) is 0 Å². The first-order chi connectivity index (χ1) is 11.5. The van der Waals surface area contributed by atoms with Crippen molar-refractivity contribution in [2.45, 2.75) is 58.8 Å². The molecule has 0 bridgehead atoms. The molecule has 1 unspecified atom stereocenters. The number of hydrogen-bond acceptors (Lipinski definition) is 4. The van der Waals surface area contributed by atoms with Crippen molar-refractivity contribution in [3.63, 3.8) is 0 Å². The van der Waals surface area contributed by atoms with Gasteiger partial charge >= 0.3 is 6.09 Å². The molecule has 0 spiro atoms. The molecule has 0 aromatic heterocycles. The number of carbonyl (C=O) groups excluding carboxylic acids is 1. The third kappa shape index (κ3) is 4.72. The maximum Gasteiger partial charge on any atom is 0.411 e. The molecular weight excluding hydrogens is 358 g/mol. The van der Waals surface area contributed by atoms with E-state index in [4.69, 9.17) is 16.3 Å². The smallest absolute Gasteiger partial charge is 0.411 e. The molecular formula is C19H26ClNO3S. The maximum absolute atomic E-state index is 12.8. The van der Waals surface area contributed by atoms with Crippen molar-refractivity contribution in [3.8, 4) is 0 Å². The molecule has 25 heavy (non-hydrogen) atoms. The maximum atomic E-state index is 12.8. The molecule has 0 radical (unpaired) electrons. The number of carbonyl (C=O) groups is 1. The zero-order valence-corrected chi connectivity index (χ0v) is 17.0. The summed E-state index contributed by atoms with van der Waals surface area (Å²) in [7, 11) is 0. The fraction of sp³-hybridized carbons (Fsp3) is 0.526. The number of aliphatic hydroxyl groups excluding tert-OH is 1. The molecule has 0 saturated carbocycles. The minimum Gasteiger partial charge on any atom is -0.444 e. The van der Waals surface area contributed by atoms with E-state index < -0.39 is 23.8 Å². The van der Waals surface area contributed by atoms with E-state index in [9.17, 15) is 9.90 Å². The molecule has 138 valence electrons. The normalized spacial score (nSPS) is 19.8. The number of ether oxygens (including phenoxy) is 1. The lowest BCUT2D eigenvalue weighted by Crippen LogP contribution is -2.45. The van der Waals surface area contributed by atoms with Gasteiger partial charge in [-0.15, -0.1) is 12.6 Å². The summed E-state index contributed by atoms with van der Waals surface area (Å²) in [5, 5.41) is 10.9. The first-order valence-corrected chi connectivity index (χ1v) is 9.19. The number of benzene rings is 1. The van der Waals surface area contributed by atoms with Crippen LogP contribution in [0.5, 0.6) is 0 Å². The first kappa shape index (κ1) is 20.1. The van der Waals surface area contributed by atoms with Gasteiger partial charge in [-0.1, -0.05) is 17.7 Å². The van der Waals surface area contributed by atoms with Crippen molar-refractivity contribution in [2.75, 3.05) is 6.54 Å². The van der Waals surface area contributed by atoms with Crippen LogP contribution in [0.2, 0.25) is 5.02 Å². The van der Waals surface area contributed by atoms with E-state index in [1.807, 2.05) is 45.9 Å². The molecule has 2 atom stereocenters. The van der Waals surface area contributed by atoms with E-state index in [1.54, 1.807) is 11.8 Å². The third-order valence-electron chi connectivity index (χ3n) is 4.13. The van der Waals surface area contributed by atoms with Gasteiger partial charge in [0.1, 0.15) is 5.60 Å².